The van der Waals surface area contributed by atoms with Crippen LogP contribution in [0.25, 0.3) is 0 Å². The molecule has 0 unspecified atom stereocenters. The number of ether oxygens (including phenoxy) is 1. The Hall–Kier alpha value is -2.25. The van der Waals surface area contributed by atoms with E-state index in [9.17, 15) is 13.2 Å². The molecule has 0 aliphatic heterocycles. The number of pyridine rings is 1. The summed E-state index contributed by atoms with van der Waals surface area (Å²) in [5.41, 5.74) is 1.07. The van der Waals surface area contributed by atoms with Crippen molar-refractivity contribution in [3.05, 3.63) is 59.9 Å². The van der Waals surface area contributed by atoms with Gasteiger partial charge in [-0.3, -0.25) is 4.98 Å². The third kappa shape index (κ3) is 4.12. The fourth-order valence-electron chi connectivity index (χ4n) is 1.76. The summed E-state index contributed by atoms with van der Waals surface area (Å²) in [6.45, 7) is 2.11. The van der Waals surface area contributed by atoms with Gasteiger partial charge in [-0.05, 0) is 30.3 Å². The Kier molecular flexibility index (Phi) is 5.24. The fraction of sp³-hybridized carbons (Fsp3) is 0.200. The molecular formula is C15H16N2O4S. The minimum atomic E-state index is -3.52. The van der Waals surface area contributed by atoms with Gasteiger partial charge in [0.15, 0.2) is 0 Å². The van der Waals surface area contributed by atoms with Crippen LogP contribution in [-0.2, 0) is 21.4 Å². The molecule has 0 fully saturated rings. The van der Waals surface area contributed by atoms with Crippen LogP contribution in [0.2, 0.25) is 0 Å². The van der Waals surface area contributed by atoms with Crippen molar-refractivity contribution < 1.29 is 17.9 Å². The first kappa shape index (κ1) is 16.1. The van der Waals surface area contributed by atoms with E-state index < -0.39 is 16.0 Å². The van der Waals surface area contributed by atoms with Crippen LogP contribution in [0.4, 0.5) is 0 Å². The van der Waals surface area contributed by atoms with E-state index >= 15 is 0 Å². The van der Waals surface area contributed by atoms with Crippen LogP contribution in [0.1, 0.15) is 22.8 Å². The molecule has 0 aliphatic rings. The van der Waals surface area contributed by atoms with Gasteiger partial charge < -0.3 is 4.74 Å². The first-order valence-electron chi connectivity index (χ1n) is 6.68. The highest BCUT2D eigenvalue weighted by molar-refractivity contribution is 7.89. The van der Waals surface area contributed by atoms with E-state index in [-0.39, 0.29) is 11.5 Å². The van der Waals surface area contributed by atoms with Crippen molar-refractivity contribution in [2.24, 2.45) is 0 Å². The molecular weight excluding hydrogens is 304 g/mol. The van der Waals surface area contributed by atoms with Crippen LogP contribution in [0.3, 0.4) is 0 Å². The summed E-state index contributed by atoms with van der Waals surface area (Å²) in [5.74, 6) is -0.517. The molecule has 7 heteroatoms. The number of benzene rings is 1. The summed E-state index contributed by atoms with van der Waals surface area (Å²) < 4.78 is 31.1. The standard InChI is InChI=1S/C15H16N2O4S/c1-2-17-22(19,20)14-7-5-13(6-8-14)15(18)21-11-12-4-3-9-16-10-12/h3-10,17H,2,11H2,1H3. The highest BCUT2D eigenvalue weighted by atomic mass is 32.2. The number of hydrogen-bond donors (Lipinski definition) is 1. The van der Waals surface area contributed by atoms with Crippen molar-refractivity contribution in [3.63, 3.8) is 0 Å². The third-order valence-electron chi connectivity index (χ3n) is 2.83. The van der Waals surface area contributed by atoms with Gasteiger partial charge in [-0.25, -0.2) is 17.9 Å². The Bertz CT molecular complexity index is 728. The van der Waals surface area contributed by atoms with Crippen LogP contribution < -0.4 is 4.72 Å². The van der Waals surface area contributed by atoms with Gasteiger partial charge in [0.25, 0.3) is 0 Å². The van der Waals surface area contributed by atoms with Crippen LogP contribution in [0.15, 0.2) is 53.7 Å². The Balaban J connectivity index is 2.02. The van der Waals surface area contributed by atoms with Gasteiger partial charge in [0.2, 0.25) is 10.0 Å². The first-order chi connectivity index (χ1) is 10.5. The zero-order valence-electron chi connectivity index (χ0n) is 12.0. The summed E-state index contributed by atoms with van der Waals surface area (Å²) in [5, 5.41) is 0. The number of hydrogen-bond acceptors (Lipinski definition) is 5. The normalized spacial score (nSPS) is 11.1. The number of nitrogens with one attached hydrogen (secondary N) is 1. The number of sulfonamides is 1. The van der Waals surface area contributed by atoms with Crippen molar-refractivity contribution in [2.75, 3.05) is 6.54 Å². The summed E-state index contributed by atoms with van der Waals surface area (Å²) in [7, 11) is -3.52. The minimum Gasteiger partial charge on any atom is -0.457 e. The fourth-order valence-corrected chi connectivity index (χ4v) is 2.80. The molecule has 0 atom stereocenters. The molecule has 0 aliphatic carbocycles. The van der Waals surface area contributed by atoms with E-state index in [1.54, 1.807) is 31.5 Å². The van der Waals surface area contributed by atoms with E-state index in [2.05, 4.69) is 9.71 Å². The molecule has 1 aromatic heterocycles. The molecule has 0 saturated carbocycles. The minimum absolute atomic E-state index is 0.109. The predicted molar refractivity (Wildman–Crippen MR) is 80.7 cm³/mol. The predicted octanol–water partition coefficient (Wildman–Crippen LogP) is 1.74. The molecule has 1 aromatic carbocycles. The molecule has 116 valence electrons. The van der Waals surface area contributed by atoms with Gasteiger partial charge in [-0.15, -0.1) is 0 Å². The van der Waals surface area contributed by atoms with E-state index in [1.807, 2.05) is 0 Å². The first-order valence-corrected chi connectivity index (χ1v) is 8.17. The molecule has 1 N–H and O–H groups in total. The smallest absolute Gasteiger partial charge is 0.338 e. The van der Waals surface area contributed by atoms with E-state index in [1.165, 1.54) is 24.3 Å². The second-order valence-corrected chi connectivity index (χ2v) is 6.23. The van der Waals surface area contributed by atoms with Crippen LogP contribution in [0, 0.1) is 0 Å². The number of carbonyl (C=O) groups is 1. The molecule has 0 amide bonds. The maximum atomic E-state index is 11.9. The number of carbonyl (C=O) groups excluding carboxylic acids is 1. The molecule has 2 aromatic rings. The van der Waals surface area contributed by atoms with Crippen LogP contribution in [-0.4, -0.2) is 25.9 Å². The lowest BCUT2D eigenvalue weighted by atomic mass is 10.2. The number of nitrogens with zero attached hydrogens (tertiary/aromatic N) is 1. The van der Waals surface area contributed by atoms with Crippen molar-refractivity contribution in [2.45, 2.75) is 18.4 Å². The summed E-state index contributed by atoms with van der Waals surface area (Å²) in [6.07, 6.45) is 3.24. The topological polar surface area (TPSA) is 85.4 Å². The second kappa shape index (κ2) is 7.15. The Morgan fingerprint density at radius 2 is 1.95 bits per heavy atom. The average molecular weight is 320 g/mol. The van der Waals surface area contributed by atoms with Crippen molar-refractivity contribution in [3.8, 4) is 0 Å². The van der Waals surface area contributed by atoms with E-state index in [4.69, 9.17) is 4.74 Å². The zero-order valence-corrected chi connectivity index (χ0v) is 12.8. The molecule has 0 radical (unpaired) electrons. The maximum absolute atomic E-state index is 11.9. The van der Waals surface area contributed by atoms with Crippen molar-refractivity contribution >= 4 is 16.0 Å². The third-order valence-corrected chi connectivity index (χ3v) is 4.39. The lowest BCUT2D eigenvalue weighted by Crippen LogP contribution is -2.23. The number of rotatable bonds is 6. The van der Waals surface area contributed by atoms with Gasteiger partial charge in [0.05, 0.1) is 10.5 Å². The highest BCUT2D eigenvalue weighted by Gasteiger charge is 2.14. The van der Waals surface area contributed by atoms with Gasteiger partial charge in [-0.2, -0.15) is 0 Å². The van der Waals surface area contributed by atoms with Gasteiger partial charge in [0, 0.05) is 24.5 Å². The highest BCUT2D eigenvalue weighted by Crippen LogP contribution is 2.12. The largest absolute Gasteiger partial charge is 0.457 e. The molecule has 0 spiro atoms. The average Bonchev–Trinajstić information content (AvgIpc) is 2.54. The van der Waals surface area contributed by atoms with E-state index in [0.717, 1.165) is 5.56 Å². The molecule has 0 bridgehead atoms. The van der Waals surface area contributed by atoms with Crippen LogP contribution in [0.5, 0.6) is 0 Å². The molecule has 0 saturated heterocycles. The van der Waals surface area contributed by atoms with Gasteiger partial charge in [0.1, 0.15) is 6.61 Å². The van der Waals surface area contributed by atoms with Crippen LogP contribution >= 0.6 is 0 Å². The van der Waals surface area contributed by atoms with Crippen molar-refractivity contribution in [1.82, 2.24) is 9.71 Å². The monoisotopic (exact) mass is 320 g/mol. The van der Waals surface area contributed by atoms with E-state index in [0.29, 0.717) is 12.1 Å². The summed E-state index contributed by atoms with van der Waals surface area (Å²) in [6, 6.07) is 9.15. The SMILES string of the molecule is CCNS(=O)(=O)c1ccc(C(=O)OCc2cccnc2)cc1. The lowest BCUT2D eigenvalue weighted by molar-refractivity contribution is 0.0472. The second-order valence-electron chi connectivity index (χ2n) is 4.46. The molecule has 6 nitrogen and oxygen atoms in total. The Morgan fingerprint density at radius 1 is 1.23 bits per heavy atom. The Morgan fingerprint density at radius 3 is 2.55 bits per heavy atom. The molecule has 22 heavy (non-hydrogen) atoms. The lowest BCUT2D eigenvalue weighted by Gasteiger charge is -2.07. The number of esters is 1. The molecule has 1 heterocycles. The zero-order chi connectivity index (χ0) is 16.0. The van der Waals surface area contributed by atoms with Crippen molar-refractivity contribution in [1.29, 1.82) is 0 Å². The summed E-state index contributed by atoms with van der Waals surface area (Å²) >= 11 is 0. The maximum Gasteiger partial charge on any atom is 0.338 e. The quantitative estimate of drug-likeness (QED) is 0.819. The Labute approximate surface area is 129 Å². The molecule has 2 rings (SSSR count). The van der Waals surface area contributed by atoms with Gasteiger partial charge >= 0.3 is 5.97 Å². The number of aromatic nitrogens is 1. The summed E-state index contributed by atoms with van der Waals surface area (Å²) in [4.78, 5) is 15.9. The van der Waals surface area contributed by atoms with Gasteiger partial charge in [-0.1, -0.05) is 13.0 Å².